The Morgan fingerprint density at radius 2 is 2.24 bits per heavy atom. The molecule has 2 unspecified atom stereocenters. The highest BCUT2D eigenvalue weighted by molar-refractivity contribution is 7.09. The highest BCUT2D eigenvalue weighted by atomic mass is 32.1. The van der Waals surface area contributed by atoms with Crippen molar-refractivity contribution >= 4 is 11.3 Å². The molecule has 0 saturated heterocycles. The molecular formula is C13H25N3S. The van der Waals surface area contributed by atoms with Crippen molar-refractivity contribution in [3.05, 3.63) is 16.1 Å². The second-order valence-corrected chi connectivity index (χ2v) is 5.71. The molecule has 1 aromatic rings. The SMILES string of the molecule is CCCCC(CC)C(Cc1csc(C)n1)NN. The highest BCUT2D eigenvalue weighted by Crippen LogP contribution is 2.20. The van der Waals surface area contributed by atoms with E-state index in [9.17, 15) is 0 Å². The fourth-order valence-electron chi connectivity index (χ4n) is 2.25. The fraction of sp³-hybridized carbons (Fsp3) is 0.769. The predicted octanol–water partition coefficient (Wildman–Crippen LogP) is 3.04. The van der Waals surface area contributed by atoms with Gasteiger partial charge in [0, 0.05) is 17.8 Å². The van der Waals surface area contributed by atoms with Crippen molar-refractivity contribution in [3.8, 4) is 0 Å². The summed E-state index contributed by atoms with van der Waals surface area (Å²) in [6, 6.07) is 0.355. The molecule has 17 heavy (non-hydrogen) atoms. The summed E-state index contributed by atoms with van der Waals surface area (Å²) in [5, 5.41) is 3.28. The largest absolute Gasteiger partial charge is 0.271 e. The van der Waals surface area contributed by atoms with Crippen LogP contribution < -0.4 is 11.3 Å². The van der Waals surface area contributed by atoms with Gasteiger partial charge in [0.25, 0.3) is 0 Å². The van der Waals surface area contributed by atoms with Gasteiger partial charge in [0.1, 0.15) is 0 Å². The lowest BCUT2D eigenvalue weighted by molar-refractivity contribution is 0.317. The Bertz CT molecular complexity index is 311. The summed E-state index contributed by atoms with van der Waals surface area (Å²) in [4.78, 5) is 4.52. The molecular weight excluding hydrogens is 230 g/mol. The molecule has 0 bridgehead atoms. The second-order valence-electron chi connectivity index (χ2n) is 4.65. The third kappa shape index (κ3) is 4.74. The third-order valence-electron chi connectivity index (χ3n) is 3.33. The van der Waals surface area contributed by atoms with Crippen molar-refractivity contribution in [3.63, 3.8) is 0 Å². The Morgan fingerprint density at radius 1 is 1.47 bits per heavy atom. The minimum absolute atomic E-state index is 0.355. The van der Waals surface area contributed by atoms with Crippen LogP contribution >= 0.6 is 11.3 Å². The molecule has 1 heterocycles. The zero-order valence-corrected chi connectivity index (χ0v) is 12.0. The first kappa shape index (κ1) is 14.6. The van der Waals surface area contributed by atoms with Crippen LogP contribution in [0.5, 0.6) is 0 Å². The standard InChI is InChI=1S/C13H25N3S/c1-4-6-7-11(5-2)13(16-14)8-12-9-17-10(3)15-12/h9,11,13,16H,4-8,14H2,1-3H3. The summed E-state index contributed by atoms with van der Waals surface area (Å²) in [6.45, 7) is 6.53. The van der Waals surface area contributed by atoms with Gasteiger partial charge in [-0.3, -0.25) is 11.3 Å². The molecule has 0 aromatic carbocycles. The number of nitrogens with zero attached hydrogens (tertiary/aromatic N) is 1. The van der Waals surface area contributed by atoms with Crippen molar-refractivity contribution in [1.82, 2.24) is 10.4 Å². The van der Waals surface area contributed by atoms with E-state index in [1.165, 1.54) is 31.4 Å². The van der Waals surface area contributed by atoms with Gasteiger partial charge in [-0.25, -0.2) is 4.98 Å². The lowest BCUT2D eigenvalue weighted by Crippen LogP contribution is -2.42. The van der Waals surface area contributed by atoms with Crippen LogP contribution in [0.4, 0.5) is 0 Å². The maximum Gasteiger partial charge on any atom is 0.0897 e. The number of aromatic nitrogens is 1. The predicted molar refractivity (Wildman–Crippen MR) is 75.0 cm³/mol. The van der Waals surface area contributed by atoms with Crippen molar-refractivity contribution in [1.29, 1.82) is 0 Å². The Labute approximate surface area is 109 Å². The summed E-state index contributed by atoms with van der Waals surface area (Å²) in [6.07, 6.45) is 5.92. The molecule has 0 amide bonds. The number of thiazole rings is 1. The van der Waals surface area contributed by atoms with Crippen molar-refractivity contribution in [2.75, 3.05) is 0 Å². The molecule has 2 atom stereocenters. The Morgan fingerprint density at radius 3 is 2.71 bits per heavy atom. The zero-order valence-electron chi connectivity index (χ0n) is 11.2. The molecule has 4 heteroatoms. The molecule has 0 saturated carbocycles. The van der Waals surface area contributed by atoms with E-state index in [0.717, 1.165) is 11.4 Å². The van der Waals surface area contributed by atoms with E-state index in [1.807, 2.05) is 6.92 Å². The van der Waals surface area contributed by atoms with Gasteiger partial charge in [-0.2, -0.15) is 0 Å². The second kappa shape index (κ2) is 7.80. The molecule has 1 rings (SSSR count). The molecule has 0 fully saturated rings. The summed E-state index contributed by atoms with van der Waals surface area (Å²) in [5.41, 5.74) is 4.16. The quantitative estimate of drug-likeness (QED) is 0.554. The number of hydrazine groups is 1. The zero-order chi connectivity index (χ0) is 12.7. The molecule has 98 valence electrons. The molecule has 0 radical (unpaired) electrons. The average molecular weight is 255 g/mol. The van der Waals surface area contributed by atoms with Gasteiger partial charge in [-0.05, 0) is 19.3 Å². The van der Waals surface area contributed by atoms with E-state index in [4.69, 9.17) is 5.84 Å². The number of aryl methyl sites for hydroxylation is 1. The number of nitrogens with two attached hydrogens (primary N) is 1. The van der Waals surface area contributed by atoms with Gasteiger partial charge < -0.3 is 0 Å². The van der Waals surface area contributed by atoms with Gasteiger partial charge in [0.2, 0.25) is 0 Å². The topological polar surface area (TPSA) is 50.9 Å². The minimum Gasteiger partial charge on any atom is -0.271 e. The van der Waals surface area contributed by atoms with Gasteiger partial charge in [-0.15, -0.1) is 11.3 Å². The molecule has 0 aliphatic rings. The van der Waals surface area contributed by atoms with Crippen molar-refractivity contribution < 1.29 is 0 Å². The van der Waals surface area contributed by atoms with Gasteiger partial charge in [0.05, 0.1) is 10.7 Å². The maximum atomic E-state index is 5.70. The van der Waals surface area contributed by atoms with Crippen LogP contribution in [0.1, 0.15) is 50.2 Å². The number of nitrogens with one attached hydrogen (secondary N) is 1. The average Bonchev–Trinajstić information content (AvgIpc) is 2.74. The maximum absolute atomic E-state index is 5.70. The molecule has 0 spiro atoms. The monoisotopic (exact) mass is 255 g/mol. The number of hydrogen-bond acceptors (Lipinski definition) is 4. The summed E-state index contributed by atoms with van der Waals surface area (Å²) in [5.74, 6) is 6.36. The van der Waals surface area contributed by atoms with E-state index in [2.05, 4.69) is 29.6 Å². The van der Waals surface area contributed by atoms with Crippen LogP contribution in [0.25, 0.3) is 0 Å². The molecule has 0 aliphatic carbocycles. The smallest absolute Gasteiger partial charge is 0.0897 e. The van der Waals surface area contributed by atoms with Crippen LogP contribution in [-0.4, -0.2) is 11.0 Å². The van der Waals surface area contributed by atoms with E-state index in [1.54, 1.807) is 11.3 Å². The fourth-order valence-corrected chi connectivity index (χ4v) is 2.87. The first-order chi connectivity index (χ1) is 8.21. The van der Waals surface area contributed by atoms with Crippen LogP contribution in [-0.2, 0) is 6.42 Å². The third-order valence-corrected chi connectivity index (χ3v) is 4.15. The summed E-state index contributed by atoms with van der Waals surface area (Å²) < 4.78 is 0. The van der Waals surface area contributed by atoms with E-state index in [0.29, 0.717) is 12.0 Å². The first-order valence-electron chi connectivity index (χ1n) is 6.58. The highest BCUT2D eigenvalue weighted by Gasteiger charge is 2.19. The van der Waals surface area contributed by atoms with E-state index in [-0.39, 0.29) is 0 Å². The summed E-state index contributed by atoms with van der Waals surface area (Å²) >= 11 is 1.71. The lowest BCUT2D eigenvalue weighted by Gasteiger charge is -2.25. The Balaban J connectivity index is 2.56. The summed E-state index contributed by atoms with van der Waals surface area (Å²) in [7, 11) is 0. The number of unbranched alkanes of at least 4 members (excludes halogenated alkanes) is 1. The molecule has 0 aliphatic heterocycles. The van der Waals surface area contributed by atoms with Gasteiger partial charge >= 0.3 is 0 Å². The van der Waals surface area contributed by atoms with Gasteiger partial charge in [0.15, 0.2) is 0 Å². The molecule has 3 nitrogen and oxygen atoms in total. The normalized spacial score (nSPS) is 14.8. The van der Waals surface area contributed by atoms with E-state index >= 15 is 0 Å². The van der Waals surface area contributed by atoms with Crippen molar-refractivity contribution in [2.24, 2.45) is 11.8 Å². The number of rotatable bonds is 8. The molecule has 3 N–H and O–H groups in total. The van der Waals surface area contributed by atoms with Crippen molar-refractivity contribution in [2.45, 2.75) is 58.9 Å². The van der Waals surface area contributed by atoms with Crippen LogP contribution in [0.15, 0.2) is 5.38 Å². The Hall–Kier alpha value is -0.450. The van der Waals surface area contributed by atoms with Gasteiger partial charge in [-0.1, -0.05) is 33.1 Å². The van der Waals surface area contributed by atoms with Crippen LogP contribution in [0.3, 0.4) is 0 Å². The lowest BCUT2D eigenvalue weighted by atomic mass is 9.89. The first-order valence-corrected chi connectivity index (χ1v) is 7.46. The Kier molecular flexibility index (Phi) is 6.70. The van der Waals surface area contributed by atoms with Crippen LogP contribution in [0.2, 0.25) is 0 Å². The minimum atomic E-state index is 0.355. The number of hydrogen-bond donors (Lipinski definition) is 2. The molecule has 1 aromatic heterocycles. The van der Waals surface area contributed by atoms with E-state index < -0.39 is 0 Å². The van der Waals surface area contributed by atoms with Crippen LogP contribution in [0, 0.1) is 12.8 Å².